The van der Waals surface area contributed by atoms with E-state index in [0.29, 0.717) is 31.9 Å². The second-order valence-electron chi connectivity index (χ2n) is 9.63. The van der Waals surface area contributed by atoms with Crippen molar-refractivity contribution >= 4 is 23.2 Å². The molecule has 0 radical (unpaired) electrons. The number of carbonyl (C=O) groups excluding carboxylic acids is 2. The summed E-state index contributed by atoms with van der Waals surface area (Å²) in [5.41, 5.74) is 3.75. The average molecular weight is 519 g/mol. The fourth-order valence-electron chi connectivity index (χ4n) is 4.88. The van der Waals surface area contributed by atoms with Crippen LogP contribution in [0.2, 0.25) is 0 Å². The van der Waals surface area contributed by atoms with Crippen LogP contribution in [0.1, 0.15) is 31.4 Å². The minimum Gasteiger partial charge on any atom is -0.494 e. The van der Waals surface area contributed by atoms with Crippen molar-refractivity contribution in [1.29, 1.82) is 0 Å². The van der Waals surface area contributed by atoms with Crippen molar-refractivity contribution in [2.75, 3.05) is 49.5 Å². The first-order valence-electron chi connectivity index (χ1n) is 13.2. The number of nitrogens with one attached hydrogen (secondary N) is 1. The van der Waals surface area contributed by atoms with Crippen LogP contribution in [0.15, 0.2) is 60.9 Å². The Labute approximate surface area is 225 Å². The molecule has 0 aliphatic carbocycles. The predicted molar refractivity (Wildman–Crippen MR) is 149 cm³/mol. The molecule has 0 atom stereocenters. The van der Waals surface area contributed by atoms with Gasteiger partial charge in [0.25, 0.3) is 0 Å². The second kappa shape index (κ2) is 13.2. The van der Waals surface area contributed by atoms with Gasteiger partial charge in [0, 0.05) is 70.7 Å². The molecule has 2 amide bonds. The first-order valence-corrected chi connectivity index (χ1v) is 13.2. The zero-order valence-corrected chi connectivity index (χ0v) is 22.6. The summed E-state index contributed by atoms with van der Waals surface area (Å²) >= 11 is 0. The third-order valence-electron chi connectivity index (χ3n) is 6.67. The molecule has 0 spiro atoms. The monoisotopic (exact) mass is 518 g/mol. The van der Waals surface area contributed by atoms with E-state index in [1.54, 1.807) is 24.0 Å². The number of para-hydroxylation sites is 2. The maximum atomic E-state index is 13.0. The molecule has 9 heteroatoms. The highest BCUT2D eigenvalue weighted by Crippen LogP contribution is 2.25. The maximum absolute atomic E-state index is 13.0. The number of hydrogen-bond donors (Lipinski definition) is 1. The van der Waals surface area contributed by atoms with Crippen molar-refractivity contribution in [3.8, 4) is 5.75 Å². The maximum Gasteiger partial charge on any atom is 0.238 e. The SMILES string of the molecule is CCOc1ccccc1CN1CCCN(C(C)=O)c2ccccc2CN(CC(=O)Nc2cnn(C)c2)CC1. The van der Waals surface area contributed by atoms with Crippen molar-refractivity contribution in [3.63, 3.8) is 0 Å². The van der Waals surface area contributed by atoms with Crippen LogP contribution in [0.25, 0.3) is 0 Å². The molecule has 0 saturated carbocycles. The number of rotatable bonds is 7. The van der Waals surface area contributed by atoms with Crippen molar-refractivity contribution < 1.29 is 14.3 Å². The van der Waals surface area contributed by atoms with Gasteiger partial charge in [-0.2, -0.15) is 5.10 Å². The first-order chi connectivity index (χ1) is 18.4. The van der Waals surface area contributed by atoms with E-state index < -0.39 is 0 Å². The lowest BCUT2D eigenvalue weighted by atomic mass is 10.1. The number of aromatic nitrogens is 2. The molecule has 38 heavy (non-hydrogen) atoms. The van der Waals surface area contributed by atoms with Crippen LogP contribution in [0.3, 0.4) is 0 Å². The molecular weight excluding hydrogens is 480 g/mol. The summed E-state index contributed by atoms with van der Waals surface area (Å²) in [5, 5.41) is 7.09. The smallest absolute Gasteiger partial charge is 0.238 e. The number of hydrogen-bond acceptors (Lipinski definition) is 6. The van der Waals surface area contributed by atoms with Gasteiger partial charge in [0.1, 0.15) is 5.75 Å². The quantitative estimate of drug-likeness (QED) is 0.516. The van der Waals surface area contributed by atoms with Crippen LogP contribution in [0, 0.1) is 0 Å². The Morgan fingerprint density at radius 2 is 1.76 bits per heavy atom. The van der Waals surface area contributed by atoms with Crippen LogP contribution in [0.4, 0.5) is 11.4 Å². The standard InChI is InChI=1S/C29H38N6O3/c1-4-38-28-13-8-6-11-25(28)20-33-14-9-15-35(23(2)36)27-12-7-5-10-24(27)19-34(17-16-33)22-29(37)31-26-18-30-32(3)21-26/h5-8,10-13,18,21H,4,9,14-17,19-20,22H2,1-3H3,(H,31,37). The molecule has 9 nitrogen and oxygen atoms in total. The summed E-state index contributed by atoms with van der Waals surface area (Å²) in [7, 11) is 1.82. The van der Waals surface area contributed by atoms with Gasteiger partial charge in [-0.3, -0.25) is 24.1 Å². The normalized spacial score (nSPS) is 15.4. The molecule has 1 aromatic heterocycles. The van der Waals surface area contributed by atoms with Crippen molar-refractivity contribution in [1.82, 2.24) is 19.6 Å². The molecule has 1 aliphatic rings. The summed E-state index contributed by atoms with van der Waals surface area (Å²) < 4.78 is 7.53. The number of fused-ring (bicyclic) bond motifs is 1. The summed E-state index contributed by atoms with van der Waals surface area (Å²) in [6, 6.07) is 16.1. The van der Waals surface area contributed by atoms with Crippen LogP contribution >= 0.6 is 0 Å². The second-order valence-corrected chi connectivity index (χ2v) is 9.63. The number of amides is 2. The molecule has 0 bridgehead atoms. The first kappa shape index (κ1) is 27.3. The molecule has 1 N–H and O–H groups in total. The van der Waals surface area contributed by atoms with Gasteiger partial charge >= 0.3 is 0 Å². The lowest BCUT2D eigenvalue weighted by molar-refractivity contribution is -0.118. The number of nitrogens with zero attached hydrogens (tertiary/aromatic N) is 5. The van der Waals surface area contributed by atoms with Crippen LogP contribution in [0.5, 0.6) is 5.75 Å². The molecule has 2 aromatic carbocycles. The van der Waals surface area contributed by atoms with E-state index in [4.69, 9.17) is 4.74 Å². The molecule has 4 rings (SSSR count). The number of aryl methyl sites for hydroxylation is 1. The molecule has 0 fully saturated rings. The van der Waals surface area contributed by atoms with E-state index in [2.05, 4.69) is 26.3 Å². The number of carbonyl (C=O) groups is 2. The van der Waals surface area contributed by atoms with Gasteiger partial charge in [-0.25, -0.2) is 0 Å². The molecule has 202 valence electrons. The highest BCUT2D eigenvalue weighted by Gasteiger charge is 2.21. The summed E-state index contributed by atoms with van der Waals surface area (Å²) in [5.74, 6) is 0.822. The molecular formula is C29H38N6O3. The Kier molecular flexibility index (Phi) is 9.51. The van der Waals surface area contributed by atoms with Gasteiger partial charge < -0.3 is 15.0 Å². The van der Waals surface area contributed by atoms with E-state index in [0.717, 1.165) is 48.6 Å². The summed E-state index contributed by atoms with van der Waals surface area (Å²) in [6.07, 6.45) is 4.26. The predicted octanol–water partition coefficient (Wildman–Crippen LogP) is 3.52. The van der Waals surface area contributed by atoms with Crippen LogP contribution < -0.4 is 15.0 Å². The van der Waals surface area contributed by atoms with Gasteiger partial charge in [0.2, 0.25) is 11.8 Å². The van der Waals surface area contributed by atoms with E-state index >= 15 is 0 Å². The van der Waals surface area contributed by atoms with Crippen molar-refractivity contribution in [2.45, 2.75) is 33.4 Å². The van der Waals surface area contributed by atoms with Crippen LogP contribution in [-0.4, -0.2) is 70.7 Å². The third kappa shape index (κ3) is 7.43. The van der Waals surface area contributed by atoms with Gasteiger partial charge in [0.15, 0.2) is 0 Å². The summed E-state index contributed by atoms with van der Waals surface area (Å²) in [4.78, 5) is 32.1. The van der Waals surface area contributed by atoms with E-state index in [9.17, 15) is 9.59 Å². The Morgan fingerprint density at radius 1 is 1.00 bits per heavy atom. The average Bonchev–Trinajstić information content (AvgIpc) is 3.29. The highest BCUT2D eigenvalue weighted by atomic mass is 16.5. The third-order valence-corrected chi connectivity index (χ3v) is 6.67. The molecule has 3 aromatic rings. The fraction of sp³-hybridized carbons (Fsp3) is 0.414. The van der Waals surface area contributed by atoms with Gasteiger partial charge in [0.05, 0.1) is 25.0 Å². The van der Waals surface area contributed by atoms with E-state index in [-0.39, 0.29) is 18.4 Å². The molecule has 2 heterocycles. The highest BCUT2D eigenvalue weighted by molar-refractivity contribution is 5.93. The lowest BCUT2D eigenvalue weighted by Crippen LogP contribution is -2.39. The minimum absolute atomic E-state index is 0.0193. The van der Waals surface area contributed by atoms with E-state index in [1.165, 1.54) is 0 Å². The molecule has 0 saturated heterocycles. The molecule has 1 aliphatic heterocycles. The number of anilines is 2. The van der Waals surface area contributed by atoms with Gasteiger partial charge in [-0.05, 0) is 31.0 Å². The number of benzene rings is 2. The van der Waals surface area contributed by atoms with Gasteiger partial charge in [-0.1, -0.05) is 36.4 Å². The van der Waals surface area contributed by atoms with Gasteiger partial charge in [-0.15, -0.1) is 0 Å². The Balaban J connectivity index is 1.57. The Bertz CT molecular complexity index is 1230. The largest absolute Gasteiger partial charge is 0.494 e. The van der Waals surface area contributed by atoms with Crippen molar-refractivity contribution in [2.24, 2.45) is 7.05 Å². The van der Waals surface area contributed by atoms with E-state index in [1.807, 2.05) is 61.3 Å². The Morgan fingerprint density at radius 3 is 2.53 bits per heavy atom. The minimum atomic E-state index is -0.0954. The number of ether oxygens (including phenoxy) is 1. The summed E-state index contributed by atoms with van der Waals surface area (Å²) in [6.45, 7) is 8.68. The van der Waals surface area contributed by atoms with Crippen LogP contribution in [-0.2, 0) is 29.7 Å². The fourth-order valence-corrected chi connectivity index (χ4v) is 4.88. The van der Waals surface area contributed by atoms with Crippen molar-refractivity contribution in [3.05, 3.63) is 72.1 Å². The topological polar surface area (TPSA) is 82.9 Å². The zero-order chi connectivity index (χ0) is 26.9. The lowest BCUT2D eigenvalue weighted by Gasteiger charge is -2.27. The molecule has 0 unspecified atom stereocenters. The Hall–Kier alpha value is -3.69. The zero-order valence-electron chi connectivity index (χ0n) is 22.6.